The monoisotopic (exact) mass is 642 g/mol. The molecule has 9 heteroatoms. The number of ether oxygens (including phenoxy) is 2. The highest BCUT2D eigenvalue weighted by molar-refractivity contribution is 5.91. The molecule has 0 saturated heterocycles. The molecule has 2 unspecified atom stereocenters. The van der Waals surface area contributed by atoms with Gasteiger partial charge in [0.2, 0.25) is 12.6 Å². The van der Waals surface area contributed by atoms with Crippen molar-refractivity contribution in [3.63, 3.8) is 0 Å². The van der Waals surface area contributed by atoms with Gasteiger partial charge in [-0.05, 0) is 49.9 Å². The minimum atomic E-state index is -1.19. The zero-order valence-electron chi connectivity index (χ0n) is 28.3. The first-order valence-corrected chi connectivity index (χ1v) is 17.1. The van der Waals surface area contributed by atoms with Crippen molar-refractivity contribution in [2.75, 3.05) is 0 Å². The van der Waals surface area contributed by atoms with Crippen molar-refractivity contribution in [2.24, 2.45) is 0 Å². The second-order valence-corrected chi connectivity index (χ2v) is 11.7. The van der Waals surface area contributed by atoms with Crippen LogP contribution in [0.3, 0.4) is 0 Å². The van der Waals surface area contributed by atoms with Crippen LogP contribution in [-0.2, 0) is 29.0 Å². The topological polar surface area (TPSA) is 107 Å². The fourth-order valence-corrected chi connectivity index (χ4v) is 4.92. The third-order valence-electron chi connectivity index (χ3n) is 7.73. The van der Waals surface area contributed by atoms with E-state index in [0.29, 0.717) is 36.8 Å². The average molecular weight is 643 g/mol. The molecule has 0 aromatic heterocycles. The van der Waals surface area contributed by atoms with Gasteiger partial charge in [-0.25, -0.2) is 14.4 Å². The molecular weight excluding hydrogens is 588 g/mol. The van der Waals surface area contributed by atoms with Crippen LogP contribution in [-0.4, -0.2) is 30.7 Å². The lowest BCUT2D eigenvalue weighted by atomic mass is 10.1. The molecule has 0 bridgehead atoms. The molecule has 0 amide bonds. The summed E-state index contributed by atoms with van der Waals surface area (Å²) in [5.41, 5.74) is 2.15. The number of carbonyl (C=O) groups is 3. The first-order valence-electron chi connectivity index (χ1n) is 17.1. The van der Waals surface area contributed by atoms with Gasteiger partial charge in [0.15, 0.2) is 0 Å². The Morgan fingerprint density at radius 3 is 1.24 bits per heavy atom. The van der Waals surface area contributed by atoms with Crippen LogP contribution >= 0.6 is 0 Å². The smallest absolute Gasteiger partial charge is 0.400 e. The molecule has 9 nitrogen and oxygen atoms in total. The Hall–Kier alpha value is -3.43. The summed E-state index contributed by atoms with van der Waals surface area (Å²) in [5.74, 6) is -1.38. The molecule has 0 N–H and O–H groups in total. The molecule has 2 atom stereocenters. The third kappa shape index (κ3) is 16.2. The lowest BCUT2D eigenvalue weighted by molar-refractivity contribution is -0.348. The van der Waals surface area contributed by atoms with Gasteiger partial charge in [-0.15, -0.1) is 9.78 Å². The molecule has 2 rings (SSSR count). The van der Waals surface area contributed by atoms with Gasteiger partial charge in [0, 0.05) is 12.8 Å². The van der Waals surface area contributed by atoms with E-state index in [0.717, 1.165) is 49.7 Å². The predicted molar refractivity (Wildman–Crippen MR) is 176 cm³/mol. The van der Waals surface area contributed by atoms with E-state index in [1.54, 1.807) is 50.2 Å². The Bertz CT molecular complexity index is 1060. The van der Waals surface area contributed by atoms with E-state index in [1.165, 1.54) is 38.5 Å². The highest BCUT2D eigenvalue weighted by Crippen LogP contribution is 2.18. The quantitative estimate of drug-likeness (QED) is 0.0363. The molecular formula is C37H54O9. The molecule has 0 aliphatic heterocycles. The first-order chi connectivity index (χ1) is 22.3. The molecule has 0 aliphatic carbocycles. The maximum Gasteiger partial charge on any atom is 0.513 e. The Labute approximate surface area is 275 Å². The summed E-state index contributed by atoms with van der Waals surface area (Å²) in [5, 5.41) is 0. The summed E-state index contributed by atoms with van der Waals surface area (Å²) in [6, 6.07) is 13.9. The SMILES string of the molecule is CCCCCCCCCC(OOC(=O)c1ccccc1C)OC(=O)OC(CCCCCCCCC)OOC(=O)c1ccccc1C. The van der Waals surface area contributed by atoms with Crippen LogP contribution < -0.4 is 0 Å². The van der Waals surface area contributed by atoms with Crippen LogP contribution in [0.25, 0.3) is 0 Å². The number of hydrogen-bond acceptors (Lipinski definition) is 9. The highest BCUT2D eigenvalue weighted by atomic mass is 17.2. The van der Waals surface area contributed by atoms with Gasteiger partial charge >= 0.3 is 18.1 Å². The van der Waals surface area contributed by atoms with Crippen molar-refractivity contribution < 1.29 is 43.4 Å². The Kier molecular flexibility index (Phi) is 20.1. The second-order valence-electron chi connectivity index (χ2n) is 11.7. The fourth-order valence-electron chi connectivity index (χ4n) is 4.92. The molecule has 2 aromatic carbocycles. The second kappa shape index (κ2) is 23.8. The molecule has 0 saturated carbocycles. The van der Waals surface area contributed by atoms with E-state index < -0.39 is 30.7 Å². The van der Waals surface area contributed by atoms with Crippen molar-refractivity contribution in [1.29, 1.82) is 0 Å². The van der Waals surface area contributed by atoms with Gasteiger partial charge in [-0.3, -0.25) is 9.78 Å². The van der Waals surface area contributed by atoms with Gasteiger partial charge in [0.25, 0.3) is 0 Å². The largest absolute Gasteiger partial charge is 0.513 e. The number of aryl methyl sites for hydroxylation is 2. The zero-order chi connectivity index (χ0) is 33.4. The average Bonchev–Trinajstić information content (AvgIpc) is 3.05. The minimum absolute atomic E-state index is 0.301. The maximum atomic E-state index is 12.9. The molecule has 46 heavy (non-hydrogen) atoms. The summed E-state index contributed by atoms with van der Waals surface area (Å²) < 4.78 is 10.9. The summed E-state index contributed by atoms with van der Waals surface area (Å²) in [4.78, 5) is 59.0. The summed E-state index contributed by atoms with van der Waals surface area (Å²) >= 11 is 0. The fraction of sp³-hybridized carbons (Fsp3) is 0.595. The van der Waals surface area contributed by atoms with Crippen LogP contribution in [0.15, 0.2) is 48.5 Å². The van der Waals surface area contributed by atoms with E-state index in [1.807, 2.05) is 12.1 Å². The van der Waals surface area contributed by atoms with Gasteiger partial charge in [0.1, 0.15) is 0 Å². The van der Waals surface area contributed by atoms with Crippen LogP contribution in [0, 0.1) is 13.8 Å². The van der Waals surface area contributed by atoms with E-state index in [-0.39, 0.29) is 0 Å². The lowest BCUT2D eigenvalue weighted by Gasteiger charge is -2.20. The standard InChI is InChI=1S/C37H54O9/c1-5-7-9-11-13-15-17-27-33(43-45-35(38)31-25-21-19-23-29(31)3)41-37(40)42-34(28-18-16-14-12-10-8-6-2)44-46-36(39)32-26-22-20-24-30(32)4/h19-26,33-34H,5-18,27-28H2,1-4H3. The van der Waals surface area contributed by atoms with Gasteiger partial charge in [-0.1, -0.05) is 127 Å². The molecule has 0 heterocycles. The molecule has 0 fully saturated rings. The number of unbranched alkanes of at least 4 members (excludes halogenated alkanes) is 12. The maximum absolute atomic E-state index is 12.9. The number of hydrogen-bond donors (Lipinski definition) is 0. The van der Waals surface area contributed by atoms with Crippen LogP contribution in [0.1, 0.15) is 148 Å². The highest BCUT2D eigenvalue weighted by Gasteiger charge is 2.25. The normalized spacial score (nSPS) is 12.3. The Morgan fingerprint density at radius 1 is 0.522 bits per heavy atom. The number of rotatable bonds is 24. The molecule has 0 radical (unpaired) electrons. The van der Waals surface area contributed by atoms with Crippen molar-refractivity contribution in [3.8, 4) is 0 Å². The van der Waals surface area contributed by atoms with Gasteiger partial charge in [0.05, 0.1) is 11.1 Å². The van der Waals surface area contributed by atoms with E-state index in [4.69, 9.17) is 29.0 Å². The summed E-state index contributed by atoms with van der Waals surface area (Å²) in [7, 11) is 0. The summed E-state index contributed by atoms with van der Waals surface area (Å²) in [6.07, 6.45) is 11.8. The van der Waals surface area contributed by atoms with Gasteiger partial charge in [-0.2, -0.15) is 0 Å². The Morgan fingerprint density at radius 2 is 0.870 bits per heavy atom. The number of benzene rings is 2. The van der Waals surface area contributed by atoms with Crippen LogP contribution in [0.4, 0.5) is 4.79 Å². The van der Waals surface area contributed by atoms with E-state index >= 15 is 0 Å². The third-order valence-corrected chi connectivity index (χ3v) is 7.73. The van der Waals surface area contributed by atoms with E-state index in [2.05, 4.69) is 13.8 Å². The zero-order valence-corrected chi connectivity index (χ0v) is 28.3. The molecule has 2 aromatic rings. The minimum Gasteiger partial charge on any atom is -0.400 e. The van der Waals surface area contributed by atoms with Crippen LogP contribution in [0.5, 0.6) is 0 Å². The first kappa shape index (κ1) is 38.8. The van der Waals surface area contributed by atoms with Crippen molar-refractivity contribution in [3.05, 3.63) is 70.8 Å². The molecule has 256 valence electrons. The molecule has 0 spiro atoms. The predicted octanol–water partition coefficient (Wildman–Crippen LogP) is 10.3. The van der Waals surface area contributed by atoms with Crippen molar-refractivity contribution in [1.82, 2.24) is 0 Å². The van der Waals surface area contributed by atoms with Crippen molar-refractivity contribution in [2.45, 2.75) is 143 Å². The van der Waals surface area contributed by atoms with Crippen molar-refractivity contribution >= 4 is 18.1 Å². The van der Waals surface area contributed by atoms with Gasteiger partial charge < -0.3 is 9.47 Å². The molecule has 0 aliphatic rings. The summed E-state index contributed by atoms with van der Waals surface area (Å²) in [6.45, 7) is 7.93. The van der Waals surface area contributed by atoms with E-state index in [9.17, 15) is 14.4 Å². The Balaban J connectivity index is 1.99. The lowest BCUT2D eigenvalue weighted by Crippen LogP contribution is -2.29. The van der Waals surface area contributed by atoms with Crippen LogP contribution in [0.2, 0.25) is 0 Å². The number of carbonyl (C=O) groups excluding carboxylic acids is 3.